The van der Waals surface area contributed by atoms with E-state index in [1.807, 2.05) is 60.7 Å². The van der Waals surface area contributed by atoms with Gasteiger partial charge in [0.1, 0.15) is 16.6 Å². The van der Waals surface area contributed by atoms with Crippen LogP contribution in [0.5, 0.6) is 0 Å². The van der Waals surface area contributed by atoms with Crippen molar-refractivity contribution >= 4 is 52.6 Å². The molecule has 54 heavy (non-hydrogen) atoms. The number of nitrogens with one attached hydrogen (secondary N) is 3. The topological polar surface area (TPSA) is 157 Å². The molecule has 6 aromatic rings. The molecule has 0 fully saturated rings. The fourth-order valence-corrected chi connectivity index (χ4v) is 6.74. The molecule has 0 aliphatic carbocycles. The van der Waals surface area contributed by atoms with Crippen LogP contribution in [0.4, 0.5) is 17.1 Å². The molecule has 0 saturated heterocycles. The van der Waals surface area contributed by atoms with E-state index in [-0.39, 0.29) is 33.8 Å². The van der Waals surface area contributed by atoms with Crippen LogP contribution in [0.1, 0.15) is 32.4 Å². The zero-order valence-electron chi connectivity index (χ0n) is 29.1. The summed E-state index contributed by atoms with van der Waals surface area (Å²) in [7, 11) is 1.75. The summed E-state index contributed by atoms with van der Waals surface area (Å²) in [5, 5.41) is 19.2. The summed E-state index contributed by atoms with van der Waals surface area (Å²) < 4.78 is 3.17. The van der Waals surface area contributed by atoms with Crippen LogP contribution in [0.2, 0.25) is 0 Å². The van der Waals surface area contributed by atoms with Gasteiger partial charge < -0.3 is 16.0 Å². The van der Waals surface area contributed by atoms with Gasteiger partial charge in [-0.1, -0.05) is 84.9 Å². The number of carbonyl (C=O) groups is 3. The Kier molecular flexibility index (Phi) is 11.3. The maximum absolute atomic E-state index is 14.0. The smallest absolute Gasteiger partial charge is 0.295 e. The Morgan fingerprint density at radius 1 is 0.796 bits per heavy atom. The number of aromatic nitrogens is 2. The van der Waals surface area contributed by atoms with Crippen LogP contribution in [-0.4, -0.2) is 32.0 Å². The molecule has 1 unspecified atom stereocenters. The molecule has 6 rings (SSSR count). The lowest BCUT2D eigenvalue weighted by atomic mass is 10.1. The Bertz CT molecular complexity index is 2430. The highest BCUT2D eigenvalue weighted by Crippen LogP contribution is 2.37. The number of hydrogen-bond acceptors (Lipinski definition) is 7. The van der Waals surface area contributed by atoms with Crippen molar-refractivity contribution in [2.24, 2.45) is 7.05 Å². The first-order valence-corrected chi connectivity index (χ1v) is 17.6. The Balaban J connectivity index is 1.27. The Morgan fingerprint density at radius 3 is 2.11 bits per heavy atom. The Morgan fingerprint density at radius 2 is 1.43 bits per heavy atom. The van der Waals surface area contributed by atoms with Crippen LogP contribution in [0.25, 0.3) is 11.8 Å². The standard InChI is InChI=1S/C41H34N6O6S/c1-27-36(41(51)46(45(27)2)32-21-10-5-11-22-32)44-40(50)37(28-15-6-3-7-16-28)54-33-23-14-20-31(26-33)42-39(49)34(43-38(48)29-17-8-4-9-18-29)25-30-19-12-13-24-35(30)47(52)53/h3-26,37H,1-2H3,(H,42,49)(H,43,48)(H,44,50)/b34-25+. The molecule has 1 aromatic heterocycles. The quantitative estimate of drug-likeness (QED) is 0.0516. The van der Waals surface area contributed by atoms with Gasteiger partial charge in [0.2, 0.25) is 5.91 Å². The predicted octanol–water partition coefficient (Wildman–Crippen LogP) is 7.27. The second-order valence-corrected chi connectivity index (χ2v) is 13.2. The van der Waals surface area contributed by atoms with Gasteiger partial charge in [0.15, 0.2) is 0 Å². The van der Waals surface area contributed by atoms with Gasteiger partial charge in [-0.25, -0.2) is 4.68 Å². The monoisotopic (exact) mass is 738 g/mol. The first-order chi connectivity index (χ1) is 26.1. The van der Waals surface area contributed by atoms with E-state index in [1.54, 1.807) is 79.3 Å². The minimum absolute atomic E-state index is 0.117. The number of hydrogen-bond donors (Lipinski definition) is 3. The van der Waals surface area contributed by atoms with Crippen molar-refractivity contribution in [2.75, 3.05) is 10.6 Å². The lowest BCUT2D eigenvalue weighted by Crippen LogP contribution is -2.30. The molecule has 12 nitrogen and oxygen atoms in total. The van der Waals surface area contributed by atoms with Gasteiger partial charge in [-0.2, -0.15) is 0 Å². The lowest BCUT2D eigenvalue weighted by molar-refractivity contribution is -0.385. The molecule has 1 atom stereocenters. The summed E-state index contributed by atoms with van der Waals surface area (Å²) in [4.78, 5) is 66.3. The number of rotatable bonds is 12. The molecule has 0 aliphatic heterocycles. The summed E-state index contributed by atoms with van der Waals surface area (Å²) >= 11 is 1.22. The maximum atomic E-state index is 14.0. The second-order valence-electron chi connectivity index (χ2n) is 12.0. The number of thioether (sulfide) groups is 1. The van der Waals surface area contributed by atoms with E-state index < -0.39 is 27.9 Å². The normalized spacial score (nSPS) is 11.7. The van der Waals surface area contributed by atoms with Crippen LogP contribution in [0, 0.1) is 17.0 Å². The van der Waals surface area contributed by atoms with Gasteiger partial charge in [0, 0.05) is 29.3 Å². The number of para-hydroxylation sites is 2. The third-order valence-corrected chi connectivity index (χ3v) is 9.70. The summed E-state index contributed by atoms with van der Waals surface area (Å²) in [5.74, 6) is -1.74. The number of amides is 3. The molecule has 13 heteroatoms. The van der Waals surface area contributed by atoms with E-state index in [0.29, 0.717) is 27.5 Å². The molecule has 5 aromatic carbocycles. The van der Waals surface area contributed by atoms with Crippen molar-refractivity contribution in [1.82, 2.24) is 14.7 Å². The first-order valence-electron chi connectivity index (χ1n) is 16.7. The fourth-order valence-electron chi connectivity index (χ4n) is 5.66. The van der Waals surface area contributed by atoms with Crippen LogP contribution < -0.4 is 21.5 Å². The number of nitrogens with zero attached hydrogens (tertiary/aromatic N) is 3. The molecule has 0 spiro atoms. The highest BCUT2D eigenvalue weighted by molar-refractivity contribution is 8.00. The molecule has 0 bridgehead atoms. The number of benzene rings is 5. The summed E-state index contributed by atoms with van der Waals surface area (Å²) in [6, 6.07) is 39.1. The number of nitro benzene ring substituents is 1. The Labute approximate surface area is 314 Å². The third-order valence-electron chi connectivity index (χ3n) is 8.45. The molecule has 270 valence electrons. The van der Waals surface area contributed by atoms with Gasteiger partial charge >= 0.3 is 0 Å². The molecule has 3 N–H and O–H groups in total. The number of carbonyl (C=O) groups excluding carboxylic acids is 3. The average molecular weight is 739 g/mol. The SMILES string of the molecule is Cc1c(NC(=O)C(Sc2cccc(NC(=O)/C(=C\c3ccccc3[N+](=O)[O-])NC(=O)c3ccccc3)c2)c2ccccc2)c(=O)n(-c2ccccc2)n1C. The van der Waals surface area contributed by atoms with Gasteiger partial charge in [-0.15, -0.1) is 11.8 Å². The molecule has 0 saturated carbocycles. The zero-order valence-corrected chi connectivity index (χ0v) is 29.9. The van der Waals surface area contributed by atoms with Crippen molar-refractivity contribution in [3.05, 3.63) is 188 Å². The minimum Gasteiger partial charge on any atom is -0.321 e. The largest absolute Gasteiger partial charge is 0.321 e. The number of nitro groups is 1. The molecule has 0 radical (unpaired) electrons. The summed E-state index contributed by atoms with van der Waals surface area (Å²) in [5.41, 5.74) is 1.96. The minimum atomic E-state index is -0.805. The zero-order chi connectivity index (χ0) is 38.2. The fraction of sp³-hybridized carbons (Fsp3) is 0.0732. The highest BCUT2D eigenvalue weighted by Gasteiger charge is 2.26. The summed E-state index contributed by atoms with van der Waals surface area (Å²) in [6.45, 7) is 1.76. The van der Waals surface area contributed by atoms with Crippen molar-refractivity contribution < 1.29 is 19.3 Å². The van der Waals surface area contributed by atoms with Gasteiger partial charge in [0.05, 0.1) is 21.9 Å². The van der Waals surface area contributed by atoms with E-state index in [9.17, 15) is 29.3 Å². The van der Waals surface area contributed by atoms with E-state index in [2.05, 4.69) is 16.0 Å². The lowest BCUT2D eigenvalue weighted by Gasteiger charge is -2.17. The van der Waals surface area contributed by atoms with Crippen molar-refractivity contribution in [2.45, 2.75) is 17.1 Å². The summed E-state index contributed by atoms with van der Waals surface area (Å²) in [6.07, 6.45) is 1.25. The van der Waals surface area contributed by atoms with Crippen molar-refractivity contribution in [1.29, 1.82) is 0 Å². The predicted molar refractivity (Wildman–Crippen MR) is 209 cm³/mol. The second kappa shape index (κ2) is 16.6. The van der Waals surface area contributed by atoms with E-state index in [4.69, 9.17) is 0 Å². The molecule has 3 amide bonds. The van der Waals surface area contributed by atoms with Gasteiger partial charge in [-0.3, -0.25) is 34.0 Å². The van der Waals surface area contributed by atoms with E-state index in [0.717, 1.165) is 0 Å². The first kappa shape index (κ1) is 36.8. The molecular weight excluding hydrogens is 705 g/mol. The third kappa shape index (κ3) is 8.38. The van der Waals surface area contributed by atoms with E-state index >= 15 is 0 Å². The van der Waals surface area contributed by atoms with Crippen molar-refractivity contribution in [3.8, 4) is 5.69 Å². The van der Waals surface area contributed by atoms with E-state index in [1.165, 1.54) is 40.7 Å². The van der Waals surface area contributed by atoms with Crippen LogP contribution in [0.3, 0.4) is 0 Å². The highest BCUT2D eigenvalue weighted by atomic mass is 32.2. The maximum Gasteiger partial charge on any atom is 0.295 e. The van der Waals surface area contributed by atoms with Gasteiger partial charge in [0.25, 0.3) is 23.1 Å². The number of anilines is 2. The Hall–Kier alpha value is -6.99. The van der Waals surface area contributed by atoms with Gasteiger partial charge in [-0.05, 0) is 67.1 Å². The molecule has 0 aliphatic rings. The van der Waals surface area contributed by atoms with Crippen molar-refractivity contribution in [3.63, 3.8) is 0 Å². The van der Waals surface area contributed by atoms with Crippen LogP contribution in [-0.2, 0) is 16.6 Å². The van der Waals surface area contributed by atoms with Crippen LogP contribution >= 0.6 is 11.8 Å². The molecular formula is C41H34N6O6S. The van der Waals surface area contributed by atoms with Crippen LogP contribution in [0.15, 0.2) is 155 Å². The average Bonchev–Trinajstić information content (AvgIpc) is 3.40. The molecule has 1 heterocycles.